The second-order valence-electron chi connectivity index (χ2n) is 7.01. The van der Waals surface area contributed by atoms with Crippen LogP contribution in [-0.2, 0) is 0 Å². The summed E-state index contributed by atoms with van der Waals surface area (Å²) in [6, 6.07) is 14.3. The van der Waals surface area contributed by atoms with Crippen molar-refractivity contribution in [2.75, 3.05) is 31.5 Å². The van der Waals surface area contributed by atoms with Crippen LogP contribution in [0, 0.1) is 0 Å². The van der Waals surface area contributed by atoms with E-state index >= 15 is 0 Å². The average molecular weight is 457 g/mol. The number of rotatable bonds is 9. The molecule has 1 aromatic carbocycles. The Bertz CT molecular complexity index is 1100. The van der Waals surface area contributed by atoms with Gasteiger partial charge >= 0.3 is 0 Å². The number of thiophene rings is 2. The van der Waals surface area contributed by atoms with Crippen molar-refractivity contribution in [3.05, 3.63) is 52.9 Å². The molecule has 0 saturated carbocycles. The van der Waals surface area contributed by atoms with Gasteiger partial charge in [0.1, 0.15) is 5.82 Å². The number of nitrogens with zero attached hydrogens (tertiary/aromatic N) is 3. The Balaban J connectivity index is 1.61. The zero-order valence-electron chi connectivity index (χ0n) is 17.2. The number of aromatic nitrogens is 2. The van der Waals surface area contributed by atoms with Gasteiger partial charge in [-0.1, -0.05) is 31.5 Å². The van der Waals surface area contributed by atoms with Gasteiger partial charge < -0.3 is 10.2 Å². The molecule has 0 amide bonds. The molecule has 0 aliphatic rings. The van der Waals surface area contributed by atoms with Crippen molar-refractivity contribution in [3.8, 4) is 20.5 Å². The largest absolute Gasteiger partial charge is 0.369 e. The van der Waals surface area contributed by atoms with Crippen molar-refractivity contribution in [2.24, 2.45) is 0 Å². The molecule has 0 aliphatic carbocycles. The maximum Gasteiger partial charge on any atom is 0.172 e. The Morgan fingerprint density at radius 1 is 1.00 bits per heavy atom. The number of hydrogen-bond acceptors (Lipinski definition) is 6. The number of hydrogen-bond donors (Lipinski definition) is 1. The smallest absolute Gasteiger partial charge is 0.172 e. The van der Waals surface area contributed by atoms with Gasteiger partial charge in [0.05, 0.1) is 10.4 Å². The molecule has 0 saturated heterocycles. The highest BCUT2D eigenvalue weighted by Gasteiger charge is 2.13. The number of anilines is 1. The molecular formula is C23H25ClN4S2. The molecule has 0 bridgehead atoms. The van der Waals surface area contributed by atoms with E-state index in [1.165, 1.54) is 9.75 Å². The van der Waals surface area contributed by atoms with E-state index in [0.717, 1.165) is 60.0 Å². The van der Waals surface area contributed by atoms with E-state index in [1.54, 1.807) is 22.7 Å². The molecule has 0 radical (unpaired) electrons. The van der Waals surface area contributed by atoms with Crippen molar-refractivity contribution >= 4 is 51.0 Å². The lowest BCUT2D eigenvalue weighted by Gasteiger charge is -2.18. The predicted octanol–water partition coefficient (Wildman–Crippen LogP) is 6.88. The molecule has 1 N–H and O–H groups in total. The van der Waals surface area contributed by atoms with E-state index < -0.39 is 0 Å². The lowest BCUT2D eigenvalue weighted by atomic mass is 10.2. The summed E-state index contributed by atoms with van der Waals surface area (Å²) in [4.78, 5) is 15.7. The van der Waals surface area contributed by atoms with Crippen LogP contribution in [0.15, 0.2) is 47.8 Å². The standard InChI is InChI=1S/C23H25ClN4S2/c1-3-28(4-2)13-6-12-25-22-17-9-8-16(24)15-18(17)26-23(27-22)21-11-10-20(30-21)19-7-5-14-29-19/h5,7-11,14-15H,3-4,6,12-13H2,1-2H3,(H,25,26,27). The highest BCUT2D eigenvalue weighted by molar-refractivity contribution is 7.23. The molecule has 0 spiro atoms. The average Bonchev–Trinajstić information content (AvgIpc) is 3.45. The van der Waals surface area contributed by atoms with Crippen LogP contribution in [0.25, 0.3) is 31.4 Å². The Hall–Kier alpha value is -1.99. The van der Waals surface area contributed by atoms with Crippen molar-refractivity contribution < 1.29 is 0 Å². The molecule has 3 aromatic heterocycles. The maximum absolute atomic E-state index is 6.25. The van der Waals surface area contributed by atoms with Crippen LogP contribution in [0.5, 0.6) is 0 Å². The van der Waals surface area contributed by atoms with Gasteiger partial charge in [0.25, 0.3) is 0 Å². The van der Waals surface area contributed by atoms with Crippen LogP contribution in [-0.4, -0.2) is 41.0 Å². The van der Waals surface area contributed by atoms with Gasteiger partial charge in [-0.15, -0.1) is 22.7 Å². The minimum atomic E-state index is 0.685. The molecule has 4 aromatic rings. The molecule has 4 nitrogen and oxygen atoms in total. The second-order valence-corrected chi connectivity index (χ2v) is 9.47. The first-order chi connectivity index (χ1) is 14.7. The van der Waals surface area contributed by atoms with Gasteiger partial charge in [-0.2, -0.15) is 0 Å². The van der Waals surface area contributed by atoms with Crippen LogP contribution in [0.2, 0.25) is 5.02 Å². The van der Waals surface area contributed by atoms with Crippen LogP contribution < -0.4 is 5.32 Å². The summed E-state index contributed by atoms with van der Waals surface area (Å²) in [5.74, 6) is 1.61. The summed E-state index contributed by atoms with van der Waals surface area (Å²) < 4.78 is 0. The molecule has 0 fully saturated rings. The topological polar surface area (TPSA) is 41.0 Å². The van der Waals surface area contributed by atoms with Crippen molar-refractivity contribution in [1.82, 2.24) is 14.9 Å². The molecule has 30 heavy (non-hydrogen) atoms. The zero-order chi connectivity index (χ0) is 20.9. The number of benzene rings is 1. The van der Waals surface area contributed by atoms with E-state index in [4.69, 9.17) is 21.6 Å². The summed E-state index contributed by atoms with van der Waals surface area (Å²) in [5.41, 5.74) is 0.866. The SMILES string of the molecule is CCN(CC)CCCNc1nc(-c2ccc(-c3cccs3)s2)nc2cc(Cl)ccc12. The van der Waals surface area contributed by atoms with Gasteiger partial charge in [0.2, 0.25) is 0 Å². The van der Waals surface area contributed by atoms with E-state index in [0.29, 0.717) is 5.02 Å². The van der Waals surface area contributed by atoms with Crippen molar-refractivity contribution in [1.29, 1.82) is 0 Å². The highest BCUT2D eigenvalue weighted by atomic mass is 35.5. The summed E-state index contributed by atoms with van der Waals surface area (Å²) in [7, 11) is 0. The summed E-state index contributed by atoms with van der Waals surface area (Å²) >= 11 is 9.72. The molecular weight excluding hydrogens is 432 g/mol. The minimum absolute atomic E-state index is 0.685. The van der Waals surface area contributed by atoms with Gasteiger partial charge in [0.15, 0.2) is 5.82 Å². The summed E-state index contributed by atoms with van der Waals surface area (Å²) in [6.45, 7) is 8.53. The lowest BCUT2D eigenvalue weighted by Crippen LogP contribution is -2.25. The molecule has 156 valence electrons. The van der Waals surface area contributed by atoms with Crippen LogP contribution in [0.3, 0.4) is 0 Å². The molecule has 4 rings (SSSR count). The maximum atomic E-state index is 6.25. The third-order valence-electron chi connectivity index (χ3n) is 5.09. The van der Waals surface area contributed by atoms with E-state index in [-0.39, 0.29) is 0 Å². The Kier molecular flexibility index (Phi) is 7.00. The minimum Gasteiger partial charge on any atom is -0.369 e. The zero-order valence-corrected chi connectivity index (χ0v) is 19.6. The third kappa shape index (κ3) is 4.83. The summed E-state index contributed by atoms with van der Waals surface area (Å²) in [5, 5.41) is 7.33. The highest BCUT2D eigenvalue weighted by Crippen LogP contribution is 2.36. The van der Waals surface area contributed by atoms with Gasteiger partial charge in [-0.05, 0) is 67.8 Å². The first-order valence-electron chi connectivity index (χ1n) is 10.3. The second kappa shape index (κ2) is 9.88. The fraction of sp³-hybridized carbons (Fsp3) is 0.304. The normalized spacial score (nSPS) is 11.5. The molecule has 0 aliphatic heterocycles. The van der Waals surface area contributed by atoms with Crippen LogP contribution in [0.1, 0.15) is 20.3 Å². The third-order valence-corrected chi connectivity index (χ3v) is 7.47. The molecule has 0 atom stereocenters. The number of fused-ring (bicyclic) bond motifs is 1. The van der Waals surface area contributed by atoms with Crippen LogP contribution in [0.4, 0.5) is 5.82 Å². The summed E-state index contributed by atoms with van der Waals surface area (Å²) in [6.07, 6.45) is 1.07. The monoisotopic (exact) mass is 456 g/mol. The van der Waals surface area contributed by atoms with Crippen molar-refractivity contribution in [3.63, 3.8) is 0 Å². The number of nitrogens with one attached hydrogen (secondary N) is 1. The quantitative estimate of drug-likeness (QED) is 0.278. The Morgan fingerprint density at radius 3 is 2.60 bits per heavy atom. The molecule has 7 heteroatoms. The fourth-order valence-corrected chi connectivity index (χ4v) is 5.35. The first kappa shape index (κ1) is 21.2. The van der Waals surface area contributed by atoms with Crippen molar-refractivity contribution in [2.45, 2.75) is 20.3 Å². The molecule has 3 heterocycles. The lowest BCUT2D eigenvalue weighted by molar-refractivity contribution is 0.303. The van der Waals surface area contributed by atoms with E-state index in [2.05, 4.69) is 53.7 Å². The Morgan fingerprint density at radius 2 is 1.83 bits per heavy atom. The first-order valence-corrected chi connectivity index (χ1v) is 12.3. The van der Waals surface area contributed by atoms with Gasteiger partial charge in [0, 0.05) is 26.7 Å². The number of halogens is 1. The van der Waals surface area contributed by atoms with E-state index in [9.17, 15) is 0 Å². The van der Waals surface area contributed by atoms with E-state index in [1.807, 2.05) is 18.2 Å². The fourth-order valence-electron chi connectivity index (χ4n) is 3.41. The molecule has 0 unspecified atom stereocenters. The predicted molar refractivity (Wildman–Crippen MR) is 132 cm³/mol. The van der Waals surface area contributed by atoms with Crippen LogP contribution >= 0.6 is 34.3 Å². The Labute approximate surface area is 190 Å². The van der Waals surface area contributed by atoms with Gasteiger partial charge in [-0.3, -0.25) is 0 Å². The van der Waals surface area contributed by atoms with Gasteiger partial charge in [-0.25, -0.2) is 9.97 Å².